The SMILES string of the molecule is O=[N+]([O-])c1ccc(OC2CCCCCC2)c(CBr)c1. The molecule has 1 aliphatic carbocycles. The molecule has 0 amide bonds. The molecule has 0 unspecified atom stereocenters. The Morgan fingerprint density at radius 3 is 2.53 bits per heavy atom. The van der Waals surface area contributed by atoms with E-state index in [9.17, 15) is 10.1 Å². The molecular formula is C14H18BrNO3. The molecule has 104 valence electrons. The maximum absolute atomic E-state index is 10.8. The van der Waals surface area contributed by atoms with Crippen molar-refractivity contribution in [1.82, 2.24) is 0 Å². The minimum atomic E-state index is -0.373. The molecule has 1 saturated carbocycles. The molecule has 1 aromatic carbocycles. The second kappa shape index (κ2) is 6.89. The van der Waals surface area contributed by atoms with E-state index >= 15 is 0 Å². The van der Waals surface area contributed by atoms with Gasteiger partial charge in [0.05, 0.1) is 11.0 Å². The van der Waals surface area contributed by atoms with Crippen molar-refractivity contribution in [2.24, 2.45) is 0 Å². The van der Waals surface area contributed by atoms with Crippen LogP contribution in [0, 0.1) is 10.1 Å². The number of halogens is 1. The highest BCUT2D eigenvalue weighted by atomic mass is 79.9. The van der Waals surface area contributed by atoms with Crippen LogP contribution >= 0.6 is 15.9 Å². The normalized spacial score (nSPS) is 16.9. The highest BCUT2D eigenvalue weighted by Crippen LogP contribution is 2.29. The predicted octanol–water partition coefficient (Wildman–Crippen LogP) is 4.59. The minimum absolute atomic E-state index is 0.114. The number of benzene rings is 1. The van der Waals surface area contributed by atoms with Crippen LogP contribution in [0.25, 0.3) is 0 Å². The van der Waals surface area contributed by atoms with Gasteiger partial charge >= 0.3 is 0 Å². The van der Waals surface area contributed by atoms with E-state index in [2.05, 4.69) is 15.9 Å². The highest BCUT2D eigenvalue weighted by molar-refractivity contribution is 9.08. The van der Waals surface area contributed by atoms with Crippen molar-refractivity contribution in [3.8, 4) is 5.75 Å². The van der Waals surface area contributed by atoms with Crippen molar-refractivity contribution in [3.63, 3.8) is 0 Å². The van der Waals surface area contributed by atoms with E-state index in [1.807, 2.05) is 0 Å². The monoisotopic (exact) mass is 327 g/mol. The molecule has 1 aliphatic rings. The van der Waals surface area contributed by atoms with Crippen LogP contribution in [0.5, 0.6) is 5.75 Å². The number of nitro benzene ring substituents is 1. The van der Waals surface area contributed by atoms with E-state index in [1.54, 1.807) is 12.1 Å². The molecule has 0 heterocycles. The third-order valence-corrected chi connectivity index (χ3v) is 4.10. The van der Waals surface area contributed by atoms with E-state index in [4.69, 9.17) is 4.74 Å². The van der Waals surface area contributed by atoms with Crippen molar-refractivity contribution < 1.29 is 9.66 Å². The summed E-state index contributed by atoms with van der Waals surface area (Å²) in [7, 11) is 0. The molecule has 0 N–H and O–H groups in total. The third-order valence-electron chi connectivity index (χ3n) is 3.49. The van der Waals surface area contributed by atoms with Crippen LogP contribution in [0.3, 0.4) is 0 Å². The molecule has 0 bridgehead atoms. The van der Waals surface area contributed by atoms with Crippen molar-refractivity contribution in [3.05, 3.63) is 33.9 Å². The summed E-state index contributed by atoms with van der Waals surface area (Å²) < 4.78 is 6.04. The first kappa shape index (κ1) is 14.3. The van der Waals surface area contributed by atoms with Crippen LogP contribution in [0.2, 0.25) is 0 Å². The van der Waals surface area contributed by atoms with Crippen molar-refractivity contribution in [2.45, 2.75) is 50.0 Å². The van der Waals surface area contributed by atoms with Gasteiger partial charge < -0.3 is 4.74 Å². The summed E-state index contributed by atoms with van der Waals surface area (Å²) in [5.74, 6) is 0.773. The largest absolute Gasteiger partial charge is 0.490 e. The number of hydrogen-bond acceptors (Lipinski definition) is 3. The van der Waals surface area contributed by atoms with Crippen LogP contribution in [0.1, 0.15) is 44.1 Å². The Bertz CT molecular complexity index is 442. The van der Waals surface area contributed by atoms with Gasteiger partial charge in [-0.25, -0.2) is 0 Å². The Hall–Kier alpha value is -1.10. The number of nitro groups is 1. The summed E-state index contributed by atoms with van der Waals surface area (Å²) in [4.78, 5) is 10.4. The lowest BCUT2D eigenvalue weighted by Gasteiger charge is -2.18. The fraction of sp³-hybridized carbons (Fsp3) is 0.571. The maximum Gasteiger partial charge on any atom is 0.270 e. The molecule has 4 nitrogen and oxygen atoms in total. The van der Waals surface area contributed by atoms with E-state index < -0.39 is 0 Å². The highest BCUT2D eigenvalue weighted by Gasteiger charge is 2.17. The molecule has 0 atom stereocenters. The first-order chi connectivity index (χ1) is 9.20. The van der Waals surface area contributed by atoms with E-state index in [1.165, 1.54) is 31.7 Å². The van der Waals surface area contributed by atoms with Gasteiger partial charge in [0.25, 0.3) is 5.69 Å². The van der Waals surface area contributed by atoms with E-state index in [0.717, 1.165) is 24.2 Å². The lowest BCUT2D eigenvalue weighted by Crippen LogP contribution is -2.15. The zero-order chi connectivity index (χ0) is 13.7. The zero-order valence-electron chi connectivity index (χ0n) is 10.8. The zero-order valence-corrected chi connectivity index (χ0v) is 12.4. The Balaban J connectivity index is 2.12. The molecule has 0 saturated heterocycles. The van der Waals surface area contributed by atoms with Gasteiger partial charge in [-0.15, -0.1) is 0 Å². The number of hydrogen-bond donors (Lipinski definition) is 0. The van der Waals surface area contributed by atoms with Gasteiger partial charge in [-0.2, -0.15) is 0 Å². The van der Waals surface area contributed by atoms with E-state index in [0.29, 0.717) is 5.33 Å². The Morgan fingerprint density at radius 2 is 1.95 bits per heavy atom. The number of rotatable bonds is 4. The van der Waals surface area contributed by atoms with Gasteiger partial charge in [0.15, 0.2) is 0 Å². The molecule has 1 fully saturated rings. The summed E-state index contributed by atoms with van der Waals surface area (Å²) in [6, 6.07) is 4.82. The number of alkyl halides is 1. The van der Waals surface area contributed by atoms with Crippen LogP contribution in [0.4, 0.5) is 5.69 Å². The topological polar surface area (TPSA) is 52.4 Å². The van der Waals surface area contributed by atoms with Crippen LogP contribution in [0.15, 0.2) is 18.2 Å². The van der Waals surface area contributed by atoms with Crippen molar-refractivity contribution in [1.29, 1.82) is 0 Å². The molecule has 5 heteroatoms. The summed E-state index contributed by atoms with van der Waals surface area (Å²) in [5.41, 5.74) is 0.959. The maximum atomic E-state index is 10.8. The quantitative estimate of drug-likeness (QED) is 0.351. The summed E-state index contributed by atoms with van der Waals surface area (Å²) in [6.45, 7) is 0. The average molecular weight is 328 g/mol. The number of nitrogens with zero attached hydrogens (tertiary/aromatic N) is 1. The van der Waals surface area contributed by atoms with Gasteiger partial charge in [0.2, 0.25) is 0 Å². The Kier molecular flexibility index (Phi) is 5.19. The van der Waals surface area contributed by atoms with E-state index in [-0.39, 0.29) is 16.7 Å². The number of non-ortho nitro benzene ring substituents is 1. The van der Waals surface area contributed by atoms with Gasteiger partial charge in [0.1, 0.15) is 5.75 Å². The van der Waals surface area contributed by atoms with Crippen LogP contribution < -0.4 is 4.74 Å². The molecular weight excluding hydrogens is 310 g/mol. The first-order valence-corrected chi connectivity index (χ1v) is 7.83. The molecule has 1 aromatic rings. The third kappa shape index (κ3) is 3.93. The number of ether oxygens (including phenoxy) is 1. The van der Waals surface area contributed by atoms with Crippen molar-refractivity contribution in [2.75, 3.05) is 0 Å². The summed E-state index contributed by atoms with van der Waals surface area (Å²) in [5, 5.41) is 11.3. The fourth-order valence-corrected chi connectivity index (χ4v) is 2.88. The minimum Gasteiger partial charge on any atom is -0.490 e. The lowest BCUT2D eigenvalue weighted by molar-refractivity contribution is -0.384. The Morgan fingerprint density at radius 1 is 1.26 bits per heavy atom. The second-order valence-corrected chi connectivity index (χ2v) is 5.47. The molecule has 19 heavy (non-hydrogen) atoms. The molecule has 0 radical (unpaired) electrons. The van der Waals surface area contributed by atoms with Crippen LogP contribution in [-0.4, -0.2) is 11.0 Å². The lowest BCUT2D eigenvalue weighted by atomic mass is 10.1. The Labute approximate surface area is 121 Å². The van der Waals surface area contributed by atoms with Crippen molar-refractivity contribution >= 4 is 21.6 Å². The first-order valence-electron chi connectivity index (χ1n) is 6.70. The smallest absolute Gasteiger partial charge is 0.270 e. The summed E-state index contributed by atoms with van der Waals surface area (Å²) in [6.07, 6.45) is 7.40. The average Bonchev–Trinajstić information content (AvgIpc) is 2.67. The molecule has 0 aliphatic heterocycles. The second-order valence-electron chi connectivity index (χ2n) is 4.91. The van der Waals surface area contributed by atoms with Crippen LogP contribution in [-0.2, 0) is 5.33 Å². The van der Waals surface area contributed by atoms with Gasteiger partial charge in [-0.3, -0.25) is 10.1 Å². The van der Waals surface area contributed by atoms with Gasteiger partial charge in [-0.1, -0.05) is 28.8 Å². The summed E-state index contributed by atoms with van der Waals surface area (Å²) >= 11 is 3.37. The molecule has 0 aromatic heterocycles. The molecule has 2 rings (SSSR count). The van der Waals surface area contributed by atoms with Gasteiger partial charge in [0, 0.05) is 23.0 Å². The predicted molar refractivity (Wildman–Crippen MR) is 77.8 cm³/mol. The van der Waals surface area contributed by atoms with Gasteiger partial charge in [-0.05, 0) is 31.7 Å². The molecule has 0 spiro atoms. The standard InChI is InChI=1S/C14H18BrNO3/c15-10-11-9-12(16(17)18)7-8-14(11)19-13-5-3-1-2-4-6-13/h7-9,13H,1-6,10H2. The fourth-order valence-electron chi connectivity index (χ4n) is 2.44.